The van der Waals surface area contributed by atoms with E-state index >= 15 is 0 Å². The van der Waals surface area contributed by atoms with Crippen molar-refractivity contribution < 1.29 is 9.53 Å². The molecule has 1 aliphatic rings. The van der Waals surface area contributed by atoms with E-state index < -0.39 is 0 Å². The van der Waals surface area contributed by atoms with Crippen LogP contribution in [0.3, 0.4) is 0 Å². The highest BCUT2D eigenvalue weighted by molar-refractivity contribution is 7.21. The van der Waals surface area contributed by atoms with Gasteiger partial charge in [-0.05, 0) is 47.7 Å². The molecule has 1 fully saturated rings. The summed E-state index contributed by atoms with van der Waals surface area (Å²) in [5.74, 6) is 1.37. The van der Waals surface area contributed by atoms with Crippen molar-refractivity contribution in [3.05, 3.63) is 64.7 Å². The smallest absolute Gasteiger partial charge is 0.263 e. The third kappa shape index (κ3) is 3.57. The number of amides is 1. The van der Waals surface area contributed by atoms with Gasteiger partial charge in [0.15, 0.2) is 0 Å². The number of carbonyl (C=O) groups excluding carboxylic acids is 1. The van der Waals surface area contributed by atoms with Gasteiger partial charge in [-0.2, -0.15) is 0 Å². The fourth-order valence-corrected chi connectivity index (χ4v) is 6.30. The molecule has 0 N–H and O–H groups in total. The molecule has 0 aliphatic carbocycles. The number of thiophene rings is 1. The van der Waals surface area contributed by atoms with Crippen LogP contribution in [0.4, 0.5) is 0 Å². The number of aromatic nitrogens is 1. The van der Waals surface area contributed by atoms with E-state index in [1.165, 1.54) is 32.1 Å². The van der Waals surface area contributed by atoms with Gasteiger partial charge in [0, 0.05) is 62.5 Å². The molecule has 1 saturated heterocycles. The Bertz CT molecular complexity index is 1300. The van der Waals surface area contributed by atoms with Crippen LogP contribution in [0.15, 0.2) is 48.7 Å². The van der Waals surface area contributed by atoms with E-state index in [0.717, 1.165) is 36.7 Å². The molecule has 0 radical (unpaired) electrons. The molecule has 166 valence electrons. The lowest BCUT2D eigenvalue weighted by atomic mass is 9.95. The summed E-state index contributed by atoms with van der Waals surface area (Å²) in [5.41, 5.74) is 3.78. The van der Waals surface area contributed by atoms with Crippen molar-refractivity contribution in [1.82, 2.24) is 14.4 Å². The van der Waals surface area contributed by atoms with Crippen LogP contribution in [-0.4, -0.2) is 54.6 Å². The van der Waals surface area contributed by atoms with Crippen LogP contribution in [0.25, 0.3) is 21.0 Å². The van der Waals surface area contributed by atoms with Gasteiger partial charge in [0.05, 0.1) is 17.5 Å². The average molecular weight is 448 g/mol. The minimum Gasteiger partial charge on any atom is -0.497 e. The second-order valence-electron chi connectivity index (χ2n) is 8.91. The molecule has 1 amide bonds. The SMILES string of the molecule is COc1ccc2c(CN3CC[C@H](c4c(C(=O)N(C)C)sc5ccccc45)C3)cn(C)c2c1. The van der Waals surface area contributed by atoms with Gasteiger partial charge in [0.25, 0.3) is 5.91 Å². The van der Waals surface area contributed by atoms with E-state index in [2.05, 4.69) is 59.1 Å². The van der Waals surface area contributed by atoms with Crippen LogP contribution < -0.4 is 4.74 Å². The number of ether oxygens (including phenoxy) is 1. The maximum absolute atomic E-state index is 13.0. The van der Waals surface area contributed by atoms with Crippen LogP contribution >= 0.6 is 11.3 Å². The summed E-state index contributed by atoms with van der Waals surface area (Å²) in [6, 6.07) is 14.7. The van der Waals surface area contributed by atoms with Crippen LogP contribution in [0.5, 0.6) is 5.75 Å². The molecule has 0 bridgehead atoms. The summed E-state index contributed by atoms with van der Waals surface area (Å²) in [6.07, 6.45) is 3.31. The quantitative estimate of drug-likeness (QED) is 0.428. The van der Waals surface area contributed by atoms with E-state index in [1.54, 1.807) is 23.3 Å². The number of likely N-dealkylation sites (tertiary alicyclic amines) is 1. The maximum atomic E-state index is 13.0. The van der Waals surface area contributed by atoms with Gasteiger partial charge >= 0.3 is 0 Å². The number of nitrogens with zero attached hydrogens (tertiary/aromatic N) is 3. The first-order valence-electron chi connectivity index (χ1n) is 11.0. The highest BCUT2D eigenvalue weighted by Crippen LogP contribution is 2.41. The first-order chi connectivity index (χ1) is 15.5. The maximum Gasteiger partial charge on any atom is 0.263 e. The predicted octanol–water partition coefficient (Wildman–Crippen LogP) is 5.09. The molecule has 1 atom stereocenters. The monoisotopic (exact) mass is 447 g/mol. The Balaban J connectivity index is 1.43. The molecule has 2 aromatic heterocycles. The molecule has 2 aromatic carbocycles. The van der Waals surface area contributed by atoms with Crippen LogP contribution in [0.2, 0.25) is 0 Å². The number of methoxy groups -OCH3 is 1. The second-order valence-corrected chi connectivity index (χ2v) is 9.96. The summed E-state index contributed by atoms with van der Waals surface area (Å²) in [5, 5.41) is 2.52. The number of fused-ring (bicyclic) bond motifs is 2. The highest BCUT2D eigenvalue weighted by atomic mass is 32.1. The average Bonchev–Trinajstić information content (AvgIpc) is 3.49. The lowest BCUT2D eigenvalue weighted by molar-refractivity contribution is 0.0831. The summed E-state index contributed by atoms with van der Waals surface area (Å²) in [6.45, 7) is 2.93. The Labute approximate surface area is 192 Å². The molecule has 4 aromatic rings. The lowest BCUT2D eigenvalue weighted by Gasteiger charge is -2.17. The van der Waals surface area contributed by atoms with Crippen molar-refractivity contribution >= 4 is 38.2 Å². The zero-order chi connectivity index (χ0) is 22.4. The van der Waals surface area contributed by atoms with E-state index in [4.69, 9.17) is 4.74 Å². The van der Waals surface area contributed by atoms with Crippen LogP contribution in [-0.2, 0) is 13.6 Å². The van der Waals surface area contributed by atoms with E-state index in [0.29, 0.717) is 5.92 Å². The van der Waals surface area contributed by atoms with Gasteiger partial charge in [-0.3, -0.25) is 9.69 Å². The zero-order valence-corrected chi connectivity index (χ0v) is 19.9. The predicted molar refractivity (Wildman–Crippen MR) is 132 cm³/mol. The van der Waals surface area contributed by atoms with Gasteiger partial charge < -0.3 is 14.2 Å². The molecule has 0 spiro atoms. The third-order valence-corrected chi connectivity index (χ3v) is 7.76. The van der Waals surface area contributed by atoms with Crippen molar-refractivity contribution in [3.63, 3.8) is 0 Å². The standard InChI is InChI=1S/C26H29N3O2S/c1-27(2)26(30)25-24(21-7-5-6-8-23(21)32-25)17-11-12-29(15-17)16-18-14-28(3)22-13-19(31-4)9-10-20(18)22/h5-10,13-14,17H,11-12,15-16H2,1-4H3/t17-/m0/s1. The highest BCUT2D eigenvalue weighted by Gasteiger charge is 2.31. The Hall–Kier alpha value is -2.83. The summed E-state index contributed by atoms with van der Waals surface area (Å²) >= 11 is 1.64. The van der Waals surface area contributed by atoms with E-state index in [-0.39, 0.29) is 5.91 Å². The van der Waals surface area contributed by atoms with Crippen molar-refractivity contribution in [1.29, 1.82) is 0 Å². The van der Waals surface area contributed by atoms with Gasteiger partial charge in [0.1, 0.15) is 5.75 Å². The first kappa shape index (κ1) is 21.0. The zero-order valence-electron chi connectivity index (χ0n) is 19.1. The minimum atomic E-state index is 0.114. The van der Waals surface area contributed by atoms with Gasteiger partial charge in [-0.1, -0.05) is 18.2 Å². The molecule has 0 saturated carbocycles. The molecule has 1 aliphatic heterocycles. The molecule has 3 heterocycles. The molecular formula is C26H29N3O2S. The second kappa shape index (κ2) is 8.26. The summed E-state index contributed by atoms with van der Waals surface area (Å²) < 4.78 is 8.79. The number of rotatable bonds is 5. The number of hydrogen-bond donors (Lipinski definition) is 0. The molecule has 0 unspecified atom stereocenters. The summed E-state index contributed by atoms with van der Waals surface area (Å²) in [4.78, 5) is 18.1. The minimum absolute atomic E-state index is 0.114. The van der Waals surface area contributed by atoms with Crippen LogP contribution in [0, 0.1) is 0 Å². The number of benzene rings is 2. The third-order valence-electron chi connectivity index (χ3n) is 6.59. The number of hydrogen-bond acceptors (Lipinski definition) is 4. The fourth-order valence-electron chi connectivity index (χ4n) is 4.99. The molecule has 5 rings (SSSR count). The van der Waals surface area contributed by atoms with Crippen molar-refractivity contribution in [2.45, 2.75) is 18.9 Å². The number of carbonyl (C=O) groups is 1. The molecule has 5 nitrogen and oxygen atoms in total. The largest absolute Gasteiger partial charge is 0.497 e. The Kier molecular flexibility index (Phi) is 5.43. The Morgan fingerprint density at radius 1 is 1.19 bits per heavy atom. The van der Waals surface area contributed by atoms with Crippen molar-refractivity contribution in [3.8, 4) is 5.75 Å². The first-order valence-corrected chi connectivity index (χ1v) is 11.8. The van der Waals surface area contributed by atoms with Gasteiger partial charge in [0.2, 0.25) is 0 Å². The molecule has 32 heavy (non-hydrogen) atoms. The van der Waals surface area contributed by atoms with Crippen molar-refractivity contribution in [2.24, 2.45) is 7.05 Å². The van der Waals surface area contributed by atoms with E-state index in [1.807, 2.05) is 20.2 Å². The Morgan fingerprint density at radius 2 is 2.00 bits per heavy atom. The Morgan fingerprint density at radius 3 is 2.78 bits per heavy atom. The fraction of sp³-hybridized carbons (Fsp3) is 0.346. The molecular weight excluding hydrogens is 418 g/mol. The lowest BCUT2D eigenvalue weighted by Crippen LogP contribution is -2.23. The van der Waals surface area contributed by atoms with Crippen LogP contribution in [0.1, 0.15) is 33.1 Å². The number of aryl methyl sites for hydroxylation is 1. The van der Waals surface area contributed by atoms with Gasteiger partial charge in [-0.25, -0.2) is 0 Å². The van der Waals surface area contributed by atoms with E-state index in [9.17, 15) is 4.79 Å². The van der Waals surface area contributed by atoms with Gasteiger partial charge in [-0.15, -0.1) is 11.3 Å². The topological polar surface area (TPSA) is 37.7 Å². The summed E-state index contributed by atoms with van der Waals surface area (Å²) in [7, 11) is 7.48. The molecule has 6 heteroatoms. The van der Waals surface area contributed by atoms with Crippen molar-refractivity contribution in [2.75, 3.05) is 34.3 Å². The normalized spacial score (nSPS) is 16.8.